The van der Waals surface area contributed by atoms with E-state index in [0.29, 0.717) is 0 Å². The van der Waals surface area contributed by atoms with Gasteiger partial charge in [-0.25, -0.2) is 0 Å². The van der Waals surface area contributed by atoms with Crippen molar-refractivity contribution >= 4 is 31.3 Å². The van der Waals surface area contributed by atoms with Gasteiger partial charge in [0.25, 0.3) is 11.6 Å². The van der Waals surface area contributed by atoms with Gasteiger partial charge in [0.05, 0.1) is 28.0 Å². The molecule has 30 heavy (non-hydrogen) atoms. The summed E-state index contributed by atoms with van der Waals surface area (Å²) in [5.41, 5.74) is 5.08. The Balaban J connectivity index is 1.72. The summed E-state index contributed by atoms with van der Waals surface area (Å²) in [7, 11) is 1.45. The number of primary amides is 1. The Bertz CT molecular complexity index is 1010. The van der Waals surface area contributed by atoms with Gasteiger partial charge in [0.2, 0.25) is 5.91 Å². The highest BCUT2D eigenvalue weighted by Crippen LogP contribution is 2.35. The summed E-state index contributed by atoms with van der Waals surface area (Å²) < 4.78 is 5.22. The summed E-state index contributed by atoms with van der Waals surface area (Å²) in [6, 6.07) is 13.3. The largest absolute Gasteiger partial charge is 0.461 e. The third-order valence-corrected chi connectivity index (χ3v) is 5.32. The second kappa shape index (κ2) is 8.36. The molecule has 1 aliphatic rings. The number of esters is 1. The molecule has 1 aliphatic heterocycles. The minimum atomic E-state index is -1.50. The van der Waals surface area contributed by atoms with Crippen LogP contribution in [0.25, 0.3) is 0 Å². The number of nitrogens with zero attached hydrogens (tertiary/aromatic N) is 2. The van der Waals surface area contributed by atoms with Crippen molar-refractivity contribution in [2.24, 2.45) is 5.73 Å². The molecule has 0 spiro atoms. The monoisotopic (exact) mass is 409 g/mol. The van der Waals surface area contributed by atoms with E-state index in [1.807, 2.05) is 30.3 Å². The highest BCUT2D eigenvalue weighted by Gasteiger charge is 2.46. The highest BCUT2D eigenvalue weighted by atomic mass is 16.6. The molecule has 0 saturated carbocycles. The van der Waals surface area contributed by atoms with Gasteiger partial charge in [-0.15, -0.1) is 0 Å². The number of hydrogen-bond acceptors (Lipinski definition) is 6. The maximum Gasteiger partial charge on any atom is 0.306 e. The molecule has 0 fully saturated rings. The molecule has 10 heteroatoms. The maximum absolute atomic E-state index is 12.9. The van der Waals surface area contributed by atoms with Crippen molar-refractivity contribution in [2.45, 2.75) is 31.4 Å². The van der Waals surface area contributed by atoms with Crippen LogP contribution < -0.4 is 5.73 Å². The third kappa shape index (κ3) is 4.02. The van der Waals surface area contributed by atoms with Gasteiger partial charge in [0, 0.05) is 12.5 Å². The molecule has 0 aromatic heterocycles. The van der Waals surface area contributed by atoms with E-state index in [4.69, 9.17) is 10.5 Å². The zero-order valence-corrected chi connectivity index (χ0v) is 16.4. The normalized spacial score (nSPS) is 14.7. The SMILES string of the molecule is BC(CCC(=O)OCc1ccccc1)(C(N)=O)N1Cc2c(cccc2[N+](=O)[O-])C1=O. The molecule has 0 saturated heterocycles. The molecular weight excluding hydrogens is 389 g/mol. The lowest BCUT2D eigenvalue weighted by atomic mass is 9.72. The number of amides is 2. The predicted octanol–water partition coefficient (Wildman–Crippen LogP) is 0.889. The zero-order valence-electron chi connectivity index (χ0n) is 16.4. The molecule has 3 rings (SSSR count). The number of carbonyl (C=O) groups excluding carboxylic acids is 3. The second-order valence-electron chi connectivity index (χ2n) is 7.24. The van der Waals surface area contributed by atoms with Gasteiger partial charge in [-0.05, 0) is 18.1 Å². The molecule has 9 nitrogen and oxygen atoms in total. The number of carbonyl (C=O) groups is 3. The van der Waals surface area contributed by atoms with E-state index in [1.165, 1.54) is 30.9 Å². The molecule has 2 aromatic rings. The van der Waals surface area contributed by atoms with Crippen LogP contribution in [0.2, 0.25) is 0 Å². The smallest absolute Gasteiger partial charge is 0.306 e. The van der Waals surface area contributed by atoms with Crippen LogP contribution in [0.15, 0.2) is 48.5 Å². The zero-order chi connectivity index (χ0) is 21.9. The molecule has 0 aliphatic carbocycles. The molecule has 154 valence electrons. The van der Waals surface area contributed by atoms with Crippen LogP contribution in [0.5, 0.6) is 0 Å². The van der Waals surface area contributed by atoms with Crippen LogP contribution in [0, 0.1) is 10.1 Å². The van der Waals surface area contributed by atoms with Gasteiger partial charge in [-0.2, -0.15) is 0 Å². The number of nitrogens with two attached hydrogens (primary N) is 1. The molecule has 2 aromatic carbocycles. The fourth-order valence-corrected chi connectivity index (χ4v) is 3.43. The minimum Gasteiger partial charge on any atom is -0.461 e. The Morgan fingerprint density at radius 3 is 2.53 bits per heavy atom. The quantitative estimate of drug-likeness (QED) is 0.298. The molecule has 0 bridgehead atoms. The number of nitro groups is 1. The Kier molecular flexibility index (Phi) is 5.86. The molecule has 1 atom stereocenters. The Morgan fingerprint density at radius 2 is 1.90 bits per heavy atom. The number of ether oxygens (including phenoxy) is 1. The fourth-order valence-electron chi connectivity index (χ4n) is 3.43. The van der Waals surface area contributed by atoms with Gasteiger partial charge >= 0.3 is 5.97 Å². The van der Waals surface area contributed by atoms with Gasteiger partial charge in [-0.3, -0.25) is 24.5 Å². The van der Waals surface area contributed by atoms with Crippen molar-refractivity contribution in [3.8, 4) is 0 Å². The first kappa shape index (κ1) is 21.0. The molecular formula is C20H20BN3O6. The van der Waals surface area contributed by atoms with E-state index in [0.717, 1.165) is 5.56 Å². The Labute approximate surface area is 173 Å². The minimum absolute atomic E-state index is 0.0660. The van der Waals surface area contributed by atoms with E-state index in [2.05, 4.69) is 0 Å². The van der Waals surface area contributed by atoms with Crippen molar-refractivity contribution in [2.75, 3.05) is 0 Å². The van der Waals surface area contributed by atoms with E-state index >= 15 is 0 Å². The maximum atomic E-state index is 12.9. The molecule has 1 unspecified atom stereocenters. The van der Waals surface area contributed by atoms with E-state index < -0.39 is 28.1 Å². The van der Waals surface area contributed by atoms with Crippen LogP contribution >= 0.6 is 0 Å². The Morgan fingerprint density at radius 1 is 1.20 bits per heavy atom. The van der Waals surface area contributed by atoms with E-state index in [-0.39, 0.29) is 42.8 Å². The summed E-state index contributed by atoms with van der Waals surface area (Å²) >= 11 is 0. The number of rotatable bonds is 8. The summed E-state index contributed by atoms with van der Waals surface area (Å²) in [6.07, 6.45) is -0.210. The fraction of sp³-hybridized carbons (Fsp3) is 0.250. The second-order valence-corrected chi connectivity index (χ2v) is 7.24. The third-order valence-electron chi connectivity index (χ3n) is 5.32. The van der Waals surface area contributed by atoms with Crippen molar-refractivity contribution in [3.05, 3.63) is 75.3 Å². The first-order valence-corrected chi connectivity index (χ1v) is 9.31. The lowest BCUT2D eigenvalue weighted by molar-refractivity contribution is -0.385. The average molecular weight is 409 g/mol. The predicted molar refractivity (Wildman–Crippen MR) is 109 cm³/mol. The van der Waals surface area contributed by atoms with E-state index in [9.17, 15) is 24.5 Å². The summed E-state index contributed by atoms with van der Waals surface area (Å²) in [6.45, 7) is -0.0446. The van der Waals surface area contributed by atoms with Crippen LogP contribution in [-0.4, -0.2) is 40.9 Å². The number of benzene rings is 2. The highest BCUT2D eigenvalue weighted by molar-refractivity contribution is 6.30. The number of nitro benzene ring substituents is 1. The standard InChI is InChI=1S/C20H20BN3O6/c21-20(19(22)27,10-9-17(25)30-12-13-5-2-1-3-6-13)23-11-15-14(18(23)26)7-4-8-16(15)24(28)29/h1-8H,9-12,21H2,(H2,22,27). The van der Waals surface area contributed by atoms with Crippen molar-refractivity contribution in [1.82, 2.24) is 4.90 Å². The van der Waals surface area contributed by atoms with Gasteiger partial charge in [0.1, 0.15) is 14.5 Å². The van der Waals surface area contributed by atoms with Crippen LogP contribution in [0.1, 0.15) is 34.3 Å². The molecule has 2 amide bonds. The lowest BCUT2D eigenvalue weighted by Gasteiger charge is -2.36. The first-order chi connectivity index (χ1) is 14.2. The lowest BCUT2D eigenvalue weighted by Crippen LogP contribution is -2.58. The van der Waals surface area contributed by atoms with Crippen molar-refractivity contribution in [3.63, 3.8) is 0 Å². The van der Waals surface area contributed by atoms with Gasteiger partial charge in [-0.1, -0.05) is 36.4 Å². The summed E-state index contributed by atoms with van der Waals surface area (Å²) in [5, 5.41) is 11.3. The van der Waals surface area contributed by atoms with Crippen LogP contribution in [0.3, 0.4) is 0 Å². The number of fused-ring (bicyclic) bond motifs is 1. The van der Waals surface area contributed by atoms with Crippen LogP contribution in [0.4, 0.5) is 5.69 Å². The van der Waals surface area contributed by atoms with Crippen molar-refractivity contribution in [1.29, 1.82) is 0 Å². The number of hydrogen-bond donors (Lipinski definition) is 1. The van der Waals surface area contributed by atoms with Crippen molar-refractivity contribution < 1.29 is 24.0 Å². The summed E-state index contributed by atoms with van der Waals surface area (Å²) in [4.78, 5) is 49.2. The van der Waals surface area contributed by atoms with Crippen LogP contribution in [-0.2, 0) is 27.5 Å². The van der Waals surface area contributed by atoms with E-state index in [1.54, 1.807) is 0 Å². The first-order valence-electron chi connectivity index (χ1n) is 9.31. The summed E-state index contributed by atoms with van der Waals surface area (Å²) in [5.74, 6) is -1.88. The average Bonchev–Trinajstić information content (AvgIpc) is 3.08. The van der Waals surface area contributed by atoms with Gasteiger partial charge in [0.15, 0.2) is 0 Å². The molecule has 1 heterocycles. The Hall–Kier alpha value is -3.69. The topological polar surface area (TPSA) is 133 Å². The van der Waals surface area contributed by atoms with Gasteiger partial charge < -0.3 is 15.4 Å². The molecule has 0 radical (unpaired) electrons. The molecule has 2 N–H and O–H groups in total.